The molecule has 180 valence electrons. The number of benzene rings is 1. The second-order valence-electron chi connectivity index (χ2n) is 10.9. The fourth-order valence-corrected chi connectivity index (χ4v) is 11.0. The van der Waals surface area contributed by atoms with Crippen molar-refractivity contribution in [2.24, 2.45) is 5.41 Å². The van der Waals surface area contributed by atoms with Crippen molar-refractivity contribution in [2.75, 3.05) is 6.54 Å². The molecule has 1 aliphatic rings. The van der Waals surface area contributed by atoms with Crippen LogP contribution >= 0.6 is 0 Å². The summed E-state index contributed by atoms with van der Waals surface area (Å²) in [5.41, 5.74) is 4.17. The molecule has 32 heavy (non-hydrogen) atoms. The maximum absolute atomic E-state index is 12.2. The van der Waals surface area contributed by atoms with Gasteiger partial charge in [-0.2, -0.15) is 0 Å². The van der Waals surface area contributed by atoms with Crippen molar-refractivity contribution in [3.05, 3.63) is 47.5 Å². The number of hydrogen-bond donors (Lipinski definition) is 1. The summed E-state index contributed by atoms with van der Waals surface area (Å²) in [6.07, 6.45) is 5.18. The number of carbonyl (C=O) groups is 1. The lowest BCUT2D eigenvalue weighted by Crippen LogP contribution is -2.51. The lowest BCUT2D eigenvalue weighted by molar-refractivity contribution is 0.138. The van der Waals surface area contributed by atoms with Crippen LogP contribution in [0.5, 0.6) is 0 Å². The third-order valence-corrected chi connectivity index (χ3v) is 13.1. The van der Waals surface area contributed by atoms with Crippen LogP contribution in [0.2, 0.25) is 16.6 Å². The molecule has 1 N–H and O–H groups in total. The number of hydrogen-bond acceptors (Lipinski definition) is 3. The molecule has 5 heteroatoms. The maximum Gasteiger partial charge on any atom is 0.407 e. The third-order valence-electron chi connectivity index (χ3n) is 6.99. The average molecular weight is 460 g/mol. The lowest BCUT2D eigenvalue weighted by atomic mass is 9.77. The second kappa shape index (κ2) is 11.5. The number of ether oxygens (including phenoxy) is 1. The van der Waals surface area contributed by atoms with Crippen LogP contribution in [-0.4, -0.2) is 27.1 Å². The van der Waals surface area contributed by atoms with Gasteiger partial charge in [0.05, 0.1) is 6.10 Å². The van der Waals surface area contributed by atoms with E-state index in [9.17, 15) is 4.79 Å². The summed E-state index contributed by atoms with van der Waals surface area (Å²) < 4.78 is 12.5. The molecule has 0 saturated carbocycles. The Hall–Kier alpha value is -1.59. The summed E-state index contributed by atoms with van der Waals surface area (Å²) >= 11 is 0. The Morgan fingerprint density at radius 2 is 1.66 bits per heavy atom. The van der Waals surface area contributed by atoms with Crippen molar-refractivity contribution in [1.82, 2.24) is 5.32 Å². The Bertz CT molecular complexity index is 734. The minimum atomic E-state index is -1.97. The molecule has 0 unspecified atom stereocenters. The zero-order valence-electron chi connectivity index (χ0n) is 21.5. The molecule has 0 aliphatic heterocycles. The van der Waals surface area contributed by atoms with Crippen LogP contribution in [0.15, 0.2) is 42.0 Å². The van der Waals surface area contributed by atoms with Crippen LogP contribution in [0.25, 0.3) is 0 Å². The van der Waals surface area contributed by atoms with Gasteiger partial charge in [-0.15, -0.1) is 0 Å². The zero-order valence-corrected chi connectivity index (χ0v) is 22.5. The smallest absolute Gasteiger partial charge is 0.407 e. The minimum absolute atomic E-state index is 0.157. The van der Waals surface area contributed by atoms with Crippen LogP contribution in [0.4, 0.5) is 4.79 Å². The van der Waals surface area contributed by atoms with E-state index in [1.807, 2.05) is 30.3 Å². The Morgan fingerprint density at radius 3 is 2.22 bits per heavy atom. The van der Waals surface area contributed by atoms with E-state index in [0.717, 1.165) is 24.8 Å². The second-order valence-corrected chi connectivity index (χ2v) is 16.3. The number of allylic oxidation sites excluding steroid dienone is 1. The first-order valence-corrected chi connectivity index (χ1v) is 14.5. The Morgan fingerprint density at radius 1 is 1.06 bits per heavy atom. The molecule has 0 aromatic heterocycles. The van der Waals surface area contributed by atoms with Crippen LogP contribution in [0, 0.1) is 5.41 Å². The highest BCUT2D eigenvalue weighted by molar-refractivity contribution is 6.77. The minimum Gasteiger partial charge on any atom is -0.445 e. The summed E-state index contributed by atoms with van der Waals surface area (Å²) in [6.45, 7) is 19.5. The van der Waals surface area contributed by atoms with Gasteiger partial charge in [0.1, 0.15) is 6.61 Å². The monoisotopic (exact) mass is 459 g/mol. The molecule has 0 heterocycles. The molecule has 1 aromatic carbocycles. The van der Waals surface area contributed by atoms with E-state index in [-0.39, 0.29) is 17.6 Å². The lowest BCUT2D eigenvalue weighted by Gasteiger charge is -2.47. The molecule has 0 bridgehead atoms. The van der Waals surface area contributed by atoms with E-state index in [4.69, 9.17) is 9.16 Å². The summed E-state index contributed by atoms with van der Waals surface area (Å²) in [4.78, 5) is 12.2. The maximum atomic E-state index is 12.2. The van der Waals surface area contributed by atoms with Crippen molar-refractivity contribution >= 4 is 14.4 Å². The zero-order chi connectivity index (χ0) is 23.9. The average Bonchev–Trinajstić information content (AvgIpc) is 2.71. The predicted octanol–water partition coefficient (Wildman–Crippen LogP) is 7.61. The van der Waals surface area contributed by atoms with E-state index >= 15 is 0 Å². The van der Waals surface area contributed by atoms with Crippen LogP contribution in [0.1, 0.15) is 80.2 Å². The van der Waals surface area contributed by atoms with E-state index in [1.165, 1.54) is 5.57 Å². The number of amides is 1. The van der Waals surface area contributed by atoms with Gasteiger partial charge in [0.2, 0.25) is 8.32 Å². The quantitative estimate of drug-likeness (QED) is 0.289. The summed E-state index contributed by atoms with van der Waals surface area (Å²) in [6, 6.07) is 9.76. The number of nitrogens with one attached hydrogen (secondary N) is 1. The molecule has 1 aromatic rings. The van der Waals surface area contributed by atoms with Gasteiger partial charge in [0.25, 0.3) is 0 Å². The first kappa shape index (κ1) is 26.7. The van der Waals surface area contributed by atoms with Gasteiger partial charge in [-0.1, -0.05) is 91.8 Å². The number of alkyl carbamates (subject to hydrolysis) is 1. The van der Waals surface area contributed by atoms with E-state index < -0.39 is 8.32 Å². The van der Waals surface area contributed by atoms with Crippen molar-refractivity contribution in [3.8, 4) is 0 Å². The summed E-state index contributed by atoms with van der Waals surface area (Å²) in [5, 5.41) is 2.93. The molecular formula is C27H45NO3Si. The van der Waals surface area contributed by atoms with Gasteiger partial charge in [0.15, 0.2) is 0 Å². The van der Waals surface area contributed by atoms with Crippen LogP contribution in [0.3, 0.4) is 0 Å². The fraction of sp³-hybridized carbons (Fsp3) is 0.667. The molecule has 4 nitrogen and oxygen atoms in total. The highest BCUT2D eigenvalue weighted by Crippen LogP contribution is 2.46. The topological polar surface area (TPSA) is 47.6 Å². The number of rotatable bonds is 10. The predicted molar refractivity (Wildman–Crippen MR) is 136 cm³/mol. The van der Waals surface area contributed by atoms with E-state index in [2.05, 4.69) is 66.8 Å². The third kappa shape index (κ3) is 6.95. The molecule has 0 radical (unpaired) electrons. The van der Waals surface area contributed by atoms with E-state index in [1.54, 1.807) is 0 Å². The van der Waals surface area contributed by atoms with Gasteiger partial charge < -0.3 is 14.5 Å². The van der Waals surface area contributed by atoms with Gasteiger partial charge in [-0.25, -0.2) is 4.79 Å². The largest absolute Gasteiger partial charge is 0.445 e. The Labute approximate surface area is 197 Å². The molecule has 1 aliphatic carbocycles. The first-order valence-electron chi connectivity index (χ1n) is 12.3. The van der Waals surface area contributed by atoms with Gasteiger partial charge in [-0.05, 0) is 52.4 Å². The Kier molecular flexibility index (Phi) is 9.59. The molecule has 0 spiro atoms. The van der Waals surface area contributed by atoms with Gasteiger partial charge >= 0.3 is 6.09 Å². The molecule has 0 saturated heterocycles. The Balaban J connectivity index is 2.02. The van der Waals surface area contributed by atoms with Crippen molar-refractivity contribution < 1.29 is 14.0 Å². The highest BCUT2D eigenvalue weighted by Gasteiger charge is 2.47. The van der Waals surface area contributed by atoms with Gasteiger partial charge in [-0.3, -0.25) is 0 Å². The van der Waals surface area contributed by atoms with Crippen molar-refractivity contribution in [2.45, 2.75) is 104 Å². The van der Waals surface area contributed by atoms with Gasteiger partial charge in [0, 0.05) is 6.54 Å². The van der Waals surface area contributed by atoms with E-state index in [0.29, 0.717) is 29.8 Å². The molecule has 2 rings (SSSR count). The normalized spacial score (nSPS) is 18.7. The number of carbonyl (C=O) groups excluding carboxylic acids is 1. The molecule has 1 atom stereocenters. The SMILES string of the molecule is CC(C)[Si](O[C@@H]1CCC(C)(C)C=C1CCNC(=O)OCc1ccccc1)(C(C)C)C(C)C. The fourth-order valence-electron chi connectivity index (χ4n) is 5.46. The summed E-state index contributed by atoms with van der Waals surface area (Å²) in [5.74, 6) is 0. The molecular weight excluding hydrogens is 414 g/mol. The van der Waals surface area contributed by atoms with Crippen molar-refractivity contribution in [1.29, 1.82) is 0 Å². The highest BCUT2D eigenvalue weighted by atomic mass is 28.4. The standard InChI is InChI=1S/C27H45NO3Si/c1-20(2)32(21(3)4,22(5)6)31-25-14-16-27(7,8)18-24(25)15-17-28-26(29)30-19-23-12-10-9-11-13-23/h9-13,18,20-22,25H,14-17,19H2,1-8H3,(H,28,29)/t25-/m1/s1. The molecule has 0 fully saturated rings. The van der Waals surface area contributed by atoms with Crippen molar-refractivity contribution in [3.63, 3.8) is 0 Å². The van der Waals surface area contributed by atoms with Crippen LogP contribution < -0.4 is 5.32 Å². The summed E-state index contributed by atoms with van der Waals surface area (Å²) in [7, 11) is -1.97. The van der Waals surface area contributed by atoms with Crippen LogP contribution in [-0.2, 0) is 15.8 Å². The first-order chi connectivity index (χ1) is 15.0. The molecule has 1 amide bonds.